The van der Waals surface area contributed by atoms with Gasteiger partial charge in [0.05, 0.1) is 23.5 Å². The lowest BCUT2D eigenvalue weighted by Crippen LogP contribution is -2.39. The first-order valence-electron chi connectivity index (χ1n) is 9.98. The fourth-order valence-electron chi connectivity index (χ4n) is 3.76. The van der Waals surface area contributed by atoms with Crippen LogP contribution in [-0.4, -0.2) is 39.6 Å². The van der Waals surface area contributed by atoms with E-state index < -0.39 is 5.91 Å². The third kappa shape index (κ3) is 4.01. The monoisotopic (exact) mass is 423 g/mol. The maximum Gasteiger partial charge on any atom is 0.251 e. The molecule has 0 spiro atoms. The number of hydrogen-bond donors (Lipinski definition) is 2. The molecule has 0 bridgehead atoms. The Hall–Kier alpha value is -2.97. The lowest BCUT2D eigenvalue weighted by molar-refractivity contribution is -0.120. The van der Waals surface area contributed by atoms with Crippen molar-refractivity contribution in [3.8, 4) is 5.69 Å². The molecular formula is C22H25N5O2S. The van der Waals surface area contributed by atoms with Crippen molar-refractivity contribution < 1.29 is 9.59 Å². The third-order valence-electron chi connectivity index (χ3n) is 5.53. The number of benzene rings is 1. The van der Waals surface area contributed by atoms with Crippen LogP contribution in [0.15, 0.2) is 42.7 Å². The molecule has 2 aromatic heterocycles. The topological polar surface area (TPSA) is 93.2 Å². The summed E-state index contributed by atoms with van der Waals surface area (Å²) in [6.07, 6.45) is 6.60. The predicted octanol–water partition coefficient (Wildman–Crippen LogP) is 2.98. The molecule has 0 saturated heterocycles. The molecule has 1 aliphatic rings. The quantitative estimate of drug-likeness (QED) is 0.611. The molecule has 4 rings (SSSR count). The van der Waals surface area contributed by atoms with Gasteiger partial charge in [0, 0.05) is 23.2 Å². The lowest BCUT2D eigenvalue weighted by Gasteiger charge is -2.23. The Morgan fingerprint density at radius 2 is 2.07 bits per heavy atom. The Kier molecular flexibility index (Phi) is 5.69. The fourth-order valence-corrected chi connectivity index (χ4v) is 5.06. The van der Waals surface area contributed by atoms with Crippen molar-refractivity contribution in [2.75, 3.05) is 12.4 Å². The van der Waals surface area contributed by atoms with E-state index in [1.54, 1.807) is 0 Å². The number of nitrogens with two attached hydrogens (primary N) is 1. The van der Waals surface area contributed by atoms with Gasteiger partial charge in [-0.3, -0.25) is 14.5 Å². The number of primary amides is 1. The zero-order valence-electron chi connectivity index (χ0n) is 17.1. The van der Waals surface area contributed by atoms with Crippen molar-refractivity contribution in [2.24, 2.45) is 5.73 Å². The molecule has 1 atom stereocenters. The zero-order valence-corrected chi connectivity index (χ0v) is 17.9. The van der Waals surface area contributed by atoms with Gasteiger partial charge in [-0.1, -0.05) is 18.2 Å². The van der Waals surface area contributed by atoms with Gasteiger partial charge in [-0.15, -0.1) is 11.3 Å². The molecular weight excluding hydrogens is 398 g/mol. The Balaban J connectivity index is 1.42. The molecule has 0 fully saturated rings. The summed E-state index contributed by atoms with van der Waals surface area (Å²) in [6, 6.07) is 9.50. The molecule has 0 saturated carbocycles. The first kappa shape index (κ1) is 20.3. The average molecular weight is 424 g/mol. The number of thiophene rings is 1. The van der Waals surface area contributed by atoms with E-state index in [1.165, 1.54) is 11.3 Å². The van der Waals surface area contributed by atoms with E-state index in [0.29, 0.717) is 17.1 Å². The first-order chi connectivity index (χ1) is 14.4. The average Bonchev–Trinajstić information content (AvgIpc) is 3.44. The predicted molar refractivity (Wildman–Crippen MR) is 118 cm³/mol. The van der Waals surface area contributed by atoms with Gasteiger partial charge in [-0.05, 0) is 50.9 Å². The van der Waals surface area contributed by atoms with Crippen molar-refractivity contribution in [1.29, 1.82) is 0 Å². The van der Waals surface area contributed by atoms with Crippen molar-refractivity contribution in [2.45, 2.75) is 38.8 Å². The molecule has 3 aromatic rings. The number of fused-ring (bicyclic) bond motifs is 1. The molecule has 0 unspecified atom stereocenters. The summed E-state index contributed by atoms with van der Waals surface area (Å²) >= 11 is 1.47. The first-order valence-corrected chi connectivity index (χ1v) is 10.8. The van der Waals surface area contributed by atoms with E-state index in [2.05, 4.69) is 10.4 Å². The minimum atomic E-state index is -0.473. The normalized spacial score (nSPS) is 14.0. The highest BCUT2D eigenvalue weighted by Gasteiger charge is 2.28. The summed E-state index contributed by atoms with van der Waals surface area (Å²) in [4.78, 5) is 27.9. The molecule has 2 amide bonds. The number of anilines is 1. The van der Waals surface area contributed by atoms with E-state index in [9.17, 15) is 9.59 Å². The zero-order chi connectivity index (χ0) is 21.3. The lowest BCUT2D eigenvalue weighted by atomic mass is 10.1. The molecule has 156 valence electrons. The van der Waals surface area contributed by atoms with Crippen molar-refractivity contribution >= 4 is 28.2 Å². The number of aromatic nitrogens is 2. The van der Waals surface area contributed by atoms with Crippen LogP contribution in [0.1, 0.15) is 39.7 Å². The number of nitrogens with one attached hydrogen (secondary N) is 1. The van der Waals surface area contributed by atoms with Crippen LogP contribution >= 0.6 is 11.3 Å². The van der Waals surface area contributed by atoms with E-state index >= 15 is 0 Å². The highest BCUT2D eigenvalue weighted by molar-refractivity contribution is 7.17. The van der Waals surface area contributed by atoms with Gasteiger partial charge >= 0.3 is 0 Å². The Labute approximate surface area is 179 Å². The van der Waals surface area contributed by atoms with Crippen LogP contribution in [0.2, 0.25) is 0 Å². The standard InChI is InChI=1S/C22H25N5O2S/c1-14(21(29)25-22-19(20(23)28)17-9-6-10-18(17)30-22)26(2)12-15-11-24-27(13-15)16-7-4-3-5-8-16/h3-5,7-8,11,13-14H,6,9-10,12H2,1-2H3,(H2,23,28)(H,25,29)/t14-/m0/s1. The Morgan fingerprint density at radius 3 is 2.80 bits per heavy atom. The summed E-state index contributed by atoms with van der Waals surface area (Å²) in [5.74, 6) is -0.630. The number of likely N-dealkylation sites (N-methyl/N-ethyl adjacent to an activating group) is 1. The maximum atomic E-state index is 12.9. The summed E-state index contributed by atoms with van der Waals surface area (Å²) in [7, 11) is 1.90. The molecule has 1 aliphatic carbocycles. The minimum Gasteiger partial charge on any atom is -0.365 e. The Bertz CT molecular complexity index is 1070. The van der Waals surface area contributed by atoms with Crippen molar-refractivity contribution in [1.82, 2.24) is 14.7 Å². The van der Waals surface area contributed by atoms with Gasteiger partial charge in [0.25, 0.3) is 5.91 Å². The molecule has 2 heterocycles. The SMILES string of the molecule is C[C@@H](C(=O)Nc1sc2c(c1C(N)=O)CCC2)N(C)Cc1cnn(-c2ccccc2)c1. The number of aryl methyl sites for hydroxylation is 1. The van der Waals surface area contributed by atoms with Crippen LogP contribution in [0.5, 0.6) is 0 Å². The molecule has 0 radical (unpaired) electrons. The second-order valence-corrected chi connectivity index (χ2v) is 8.74. The summed E-state index contributed by atoms with van der Waals surface area (Å²) in [6.45, 7) is 2.42. The van der Waals surface area contributed by atoms with Crippen molar-refractivity contribution in [3.63, 3.8) is 0 Å². The second kappa shape index (κ2) is 8.41. The van der Waals surface area contributed by atoms with Crippen LogP contribution in [-0.2, 0) is 24.2 Å². The fraction of sp³-hybridized carbons (Fsp3) is 0.318. The van der Waals surface area contributed by atoms with Gasteiger partial charge in [0.1, 0.15) is 5.00 Å². The van der Waals surface area contributed by atoms with Crippen LogP contribution in [0.25, 0.3) is 5.69 Å². The van der Waals surface area contributed by atoms with Crippen molar-refractivity contribution in [3.05, 3.63) is 64.3 Å². The largest absolute Gasteiger partial charge is 0.365 e. The number of carbonyl (C=O) groups is 2. The maximum absolute atomic E-state index is 12.9. The number of hydrogen-bond acceptors (Lipinski definition) is 5. The third-order valence-corrected chi connectivity index (χ3v) is 6.74. The molecule has 0 aliphatic heterocycles. The van der Waals surface area contributed by atoms with Gasteiger partial charge in [0.15, 0.2) is 0 Å². The number of carbonyl (C=O) groups excluding carboxylic acids is 2. The highest BCUT2D eigenvalue weighted by Crippen LogP contribution is 2.38. The summed E-state index contributed by atoms with van der Waals surface area (Å²) in [5, 5.41) is 7.92. The number of para-hydroxylation sites is 1. The van der Waals surface area contributed by atoms with Crippen LogP contribution in [0, 0.1) is 0 Å². The van der Waals surface area contributed by atoms with E-state index in [1.807, 2.05) is 66.3 Å². The van der Waals surface area contributed by atoms with Gasteiger partial charge < -0.3 is 11.1 Å². The highest BCUT2D eigenvalue weighted by atomic mass is 32.1. The van der Waals surface area contributed by atoms with Gasteiger partial charge in [0.2, 0.25) is 5.91 Å². The van der Waals surface area contributed by atoms with Crippen LogP contribution in [0.4, 0.5) is 5.00 Å². The number of amides is 2. The van der Waals surface area contributed by atoms with Gasteiger partial charge in [-0.25, -0.2) is 4.68 Å². The molecule has 7 nitrogen and oxygen atoms in total. The summed E-state index contributed by atoms with van der Waals surface area (Å²) < 4.78 is 1.82. The Morgan fingerprint density at radius 1 is 1.30 bits per heavy atom. The molecule has 1 aromatic carbocycles. The minimum absolute atomic E-state index is 0.157. The molecule has 8 heteroatoms. The smallest absolute Gasteiger partial charge is 0.251 e. The second-order valence-electron chi connectivity index (χ2n) is 7.63. The molecule has 3 N–H and O–H groups in total. The van der Waals surface area contributed by atoms with Gasteiger partial charge in [-0.2, -0.15) is 5.10 Å². The van der Waals surface area contributed by atoms with Crippen LogP contribution < -0.4 is 11.1 Å². The van der Waals surface area contributed by atoms with E-state index in [-0.39, 0.29) is 11.9 Å². The molecule has 30 heavy (non-hydrogen) atoms. The summed E-state index contributed by atoms with van der Waals surface area (Å²) in [5.41, 5.74) is 9.09. The van der Waals surface area contributed by atoms with Crippen LogP contribution in [0.3, 0.4) is 0 Å². The number of rotatable bonds is 7. The van der Waals surface area contributed by atoms with E-state index in [4.69, 9.17) is 5.73 Å². The number of nitrogens with zero attached hydrogens (tertiary/aromatic N) is 3. The van der Waals surface area contributed by atoms with E-state index in [0.717, 1.165) is 41.0 Å².